The van der Waals surface area contributed by atoms with Gasteiger partial charge < -0.3 is 9.73 Å². The second-order valence-electron chi connectivity index (χ2n) is 7.03. The van der Waals surface area contributed by atoms with Crippen molar-refractivity contribution in [2.24, 2.45) is 0 Å². The zero-order valence-electron chi connectivity index (χ0n) is 16.3. The second-order valence-corrected chi connectivity index (χ2v) is 7.03. The Labute approximate surface area is 168 Å². The van der Waals surface area contributed by atoms with Crippen LogP contribution in [0, 0.1) is 13.8 Å². The lowest BCUT2D eigenvalue weighted by Gasteiger charge is -2.07. The molecule has 5 rings (SSSR count). The predicted molar refractivity (Wildman–Crippen MR) is 116 cm³/mol. The minimum atomic E-state index is 0.711. The first kappa shape index (κ1) is 17.3. The van der Waals surface area contributed by atoms with Crippen molar-refractivity contribution in [1.29, 1.82) is 0 Å². The summed E-state index contributed by atoms with van der Waals surface area (Å²) < 4.78 is 8.26. The summed E-state index contributed by atoms with van der Waals surface area (Å²) in [5, 5.41) is 9.17. The van der Waals surface area contributed by atoms with Crippen LogP contribution in [0.15, 0.2) is 83.4 Å². The SMILES string of the molecule is Cc1ccnc(Nc2c(-c3ccccc3)oc3c2c(C)nn3-c2ccccc2)c1. The van der Waals surface area contributed by atoms with Crippen LogP contribution in [0.1, 0.15) is 11.3 Å². The molecule has 0 saturated heterocycles. The van der Waals surface area contributed by atoms with Crippen molar-refractivity contribution in [2.45, 2.75) is 13.8 Å². The summed E-state index contributed by atoms with van der Waals surface area (Å²) in [6.07, 6.45) is 1.80. The second kappa shape index (κ2) is 6.95. The zero-order valence-corrected chi connectivity index (χ0v) is 16.3. The predicted octanol–water partition coefficient (Wildman–Crippen LogP) is 6.04. The van der Waals surface area contributed by atoms with Crippen molar-refractivity contribution in [2.75, 3.05) is 5.32 Å². The van der Waals surface area contributed by atoms with Crippen molar-refractivity contribution < 1.29 is 4.42 Å². The fraction of sp³-hybridized carbons (Fsp3) is 0.0833. The lowest BCUT2D eigenvalue weighted by molar-refractivity contribution is 0.597. The van der Waals surface area contributed by atoms with Gasteiger partial charge in [0.1, 0.15) is 5.82 Å². The van der Waals surface area contributed by atoms with Gasteiger partial charge in [0.15, 0.2) is 5.76 Å². The van der Waals surface area contributed by atoms with Crippen molar-refractivity contribution >= 4 is 22.6 Å². The van der Waals surface area contributed by atoms with Crippen LogP contribution >= 0.6 is 0 Å². The molecule has 0 amide bonds. The van der Waals surface area contributed by atoms with Crippen LogP contribution in [-0.2, 0) is 0 Å². The van der Waals surface area contributed by atoms with Crippen molar-refractivity contribution in [3.8, 4) is 17.0 Å². The normalized spacial score (nSPS) is 11.1. The highest BCUT2D eigenvalue weighted by molar-refractivity contribution is 6.01. The molecule has 3 heterocycles. The average Bonchev–Trinajstić information content (AvgIpc) is 3.27. The summed E-state index contributed by atoms with van der Waals surface area (Å²) in [5.41, 5.74) is 5.58. The molecule has 29 heavy (non-hydrogen) atoms. The zero-order chi connectivity index (χ0) is 19.8. The number of benzene rings is 2. The molecule has 0 aliphatic rings. The number of aryl methyl sites for hydroxylation is 2. The molecule has 5 aromatic rings. The van der Waals surface area contributed by atoms with Gasteiger partial charge in [-0.2, -0.15) is 9.78 Å². The number of anilines is 2. The topological polar surface area (TPSA) is 55.9 Å². The highest BCUT2D eigenvalue weighted by Gasteiger charge is 2.23. The molecule has 0 unspecified atom stereocenters. The molecule has 3 aromatic heterocycles. The lowest BCUT2D eigenvalue weighted by Crippen LogP contribution is -1.96. The molecule has 0 fully saturated rings. The summed E-state index contributed by atoms with van der Waals surface area (Å²) in [4.78, 5) is 4.47. The quantitative estimate of drug-likeness (QED) is 0.413. The molecule has 5 heteroatoms. The van der Waals surface area contributed by atoms with Crippen LogP contribution in [-0.4, -0.2) is 14.8 Å². The number of hydrogen-bond donors (Lipinski definition) is 1. The Morgan fingerprint density at radius 1 is 0.897 bits per heavy atom. The molecule has 0 atom stereocenters. The third-order valence-corrected chi connectivity index (χ3v) is 4.90. The molecule has 1 N–H and O–H groups in total. The van der Waals surface area contributed by atoms with E-state index in [2.05, 4.69) is 17.2 Å². The number of hydrogen-bond acceptors (Lipinski definition) is 4. The van der Waals surface area contributed by atoms with E-state index in [9.17, 15) is 0 Å². The molecule has 142 valence electrons. The highest BCUT2D eigenvalue weighted by Crippen LogP contribution is 2.41. The van der Waals surface area contributed by atoms with Crippen LogP contribution < -0.4 is 5.32 Å². The van der Waals surface area contributed by atoms with Crippen LogP contribution in [0.25, 0.3) is 28.1 Å². The van der Waals surface area contributed by atoms with Crippen molar-refractivity contribution in [3.63, 3.8) is 0 Å². The van der Waals surface area contributed by atoms with Crippen molar-refractivity contribution in [1.82, 2.24) is 14.8 Å². The fourth-order valence-electron chi connectivity index (χ4n) is 3.54. The molecular formula is C24H20N4O. The van der Waals surface area contributed by atoms with E-state index in [1.807, 2.05) is 84.4 Å². The average molecular weight is 380 g/mol. The number of nitrogens with zero attached hydrogens (tertiary/aromatic N) is 3. The van der Waals surface area contributed by atoms with Gasteiger partial charge in [-0.15, -0.1) is 0 Å². The molecular weight excluding hydrogens is 360 g/mol. The van der Waals surface area contributed by atoms with Gasteiger partial charge in [-0.25, -0.2) is 4.98 Å². The number of pyridine rings is 1. The van der Waals surface area contributed by atoms with E-state index >= 15 is 0 Å². The number of furan rings is 1. The third kappa shape index (κ3) is 3.06. The van der Waals surface area contributed by atoms with E-state index in [1.54, 1.807) is 6.20 Å². The van der Waals surface area contributed by atoms with Crippen LogP contribution in [0.4, 0.5) is 11.5 Å². The summed E-state index contributed by atoms with van der Waals surface area (Å²) in [7, 11) is 0. The molecule has 0 radical (unpaired) electrons. The Hall–Kier alpha value is -3.86. The Balaban J connectivity index is 1.76. The number of nitrogens with one attached hydrogen (secondary N) is 1. The number of rotatable bonds is 4. The standard InChI is InChI=1S/C24H20N4O/c1-16-13-14-25-20(15-16)26-22-21-17(2)27-28(19-11-7-4-8-12-19)24(21)29-23(22)18-9-5-3-6-10-18/h3-15H,1-2H3,(H,25,26). The first-order valence-corrected chi connectivity index (χ1v) is 9.53. The van der Waals surface area contributed by atoms with E-state index < -0.39 is 0 Å². The molecule has 5 nitrogen and oxygen atoms in total. The van der Waals surface area contributed by atoms with E-state index in [0.717, 1.165) is 45.2 Å². The minimum Gasteiger partial charge on any atom is -0.435 e. The largest absolute Gasteiger partial charge is 0.435 e. The summed E-state index contributed by atoms with van der Waals surface area (Å²) in [6, 6.07) is 24.1. The Morgan fingerprint density at radius 2 is 1.62 bits per heavy atom. The van der Waals surface area contributed by atoms with E-state index in [4.69, 9.17) is 9.52 Å². The smallest absolute Gasteiger partial charge is 0.232 e. The molecule has 0 bridgehead atoms. The first-order chi connectivity index (χ1) is 14.2. The van der Waals surface area contributed by atoms with Gasteiger partial charge in [-0.3, -0.25) is 0 Å². The third-order valence-electron chi connectivity index (χ3n) is 4.90. The fourth-order valence-corrected chi connectivity index (χ4v) is 3.54. The van der Waals surface area contributed by atoms with Gasteiger partial charge >= 0.3 is 0 Å². The van der Waals surface area contributed by atoms with E-state index in [0.29, 0.717) is 5.71 Å². The molecule has 0 spiro atoms. The van der Waals surface area contributed by atoms with Crippen LogP contribution in [0.2, 0.25) is 0 Å². The van der Waals surface area contributed by atoms with Crippen LogP contribution in [0.3, 0.4) is 0 Å². The maximum absolute atomic E-state index is 6.40. The Bertz CT molecular complexity index is 1290. The molecule has 0 aliphatic heterocycles. The first-order valence-electron chi connectivity index (χ1n) is 9.53. The van der Waals surface area contributed by atoms with Gasteiger partial charge in [-0.05, 0) is 43.7 Å². The van der Waals surface area contributed by atoms with E-state index in [-0.39, 0.29) is 0 Å². The van der Waals surface area contributed by atoms with Gasteiger partial charge in [-0.1, -0.05) is 48.5 Å². The van der Waals surface area contributed by atoms with Gasteiger partial charge in [0.2, 0.25) is 5.71 Å². The van der Waals surface area contributed by atoms with Gasteiger partial charge in [0, 0.05) is 11.8 Å². The highest BCUT2D eigenvalue weighted by atomic mass is 16.4. The lowest BCUT2D eigenvalue weighted by atomic mass is 10.1. The maximum Gasteiger partial charge on any atom is 0.232 e. The van der Waals surface area contributed by atoms with E-state index in [1.165, 1.54) is 0 Å². The summed E-state index contributed by atoms with van der Waals surface area (Å²) >= 11 is 0. The minimum absolute atomic E-state index is 0.711. The Morgan fingerprint density at radius 3 is 2.34 bits per heavy atom. The molecule has 2 aromatic carbocycles. The van der Waals surface area contributed by atoms with Gasteiger partial charge in [0.05, 0.1) is 22.5 Å². The Kier molecular flexibility index (Phi) is 4.13. The number of aromatic nitrogens is 3. The number of fused-ring (bicyclic) bond motifs is 1. The summed E-state index contributed by atoms with van der Waals surface area (Å²) in [5.74, 6) is 1.55. The molecule has 0 saturated carbocycles. The number of para-hydroxylation sites is 1. The van der Waals surface area contributed by atoms with Crippen molar-refractivity contribution in [3.05, 3.63) is 90.3 Å². The van der Waals surface area contributed by atoms with Crippen LogP contribution in [0.5, 0.6) is 0 Å². The molecule has 0 aliphatic carbocycles. The maximum atomic E-state index is 6.40. The monoisotopic (exact) mass is 380 g/mol. The van der Waals surface area contributed by atoms with Gasteiger partial charge in [0.25, 0.3) is 0 Å². The summed E-state index contributed by atoms with van der Waals surface area (Å²) in [6.45, 7) is 4.05.